The third-order valence-corrected chi connectivity index (χ3v) is 6.08. The van der Waals surface area contributed by atoms with Crippen molar-refractivity contribution in [2.45, 2.75) is 45.2 Å². The van der Waals surface area contributed by atoms with Gasteiger partial charge in [0.2, 0.25) is 10.0 Å². The summed E-state index contributed by atoms with van der Waals surface area (Å²) in [4.78, 5) is 1.52. The van der Waals surface area contributed by atoms with Crippen LogP contribution >= 0.6 is 11.3 Å². The fourth-order valence-corrected chi connectivity index (χ4v) is 5.03. The molecule has 0 amide bonds. The molecule has 0 radical (unpaired) electrons. The number of furan rings is 1. The van der Waals surface area contributed by atoms with Crippen LogP contribution in [-0.4, -0.2) is 13.5 Å². The Balaban J connectivity index is 2.28. The van der Waals surface area contributed by atoms with Gasteiger partial charge in [-0.1, -0.05) is 0 Å². The van der Waals surface area contributed by atoms with Gasteiger partial charge in [-0.25, -0.2) is 13.1 Å². The second kappa shape index (κ2) is 5.92. The summed E-state index contributed by atoms with van der Waals surface area (Å²) in [5, 5.41) is 9.12. The molecule has 0 bridgehead atoms. The summed E-state index contributed by atoms with van der Waals surface area (Å²) in [6.07, 6.45) is 0. The molecule has 2 rings (SSSR count). The largest absolute Gasteiger partial charge is 0.466 e. The molecule has 0 aromatic carbocycles. The Morgan fingerprint density at radius 1 is 1.33 bits per heavy atom. The molecule has 0 spiro atoms. The number of rotatable bonds is 5. The van der Waals surface area contributed by atoms with Crippen molar-refractivity contribution in [1.29, 1.82) is 0 Å². The Morgan fingerprint density at radius 3 is 2.48 bits per heavy atom. The molecule has 0 aliphatic carbocycles. The van der Waals surface area contributed by atoms with Crippen molar-refractivity contribution in [3.8, 4) is 0 Å². The molecule has 0 aliphatic heterocycles. The molecule has 0 saturated heterocycles. The number of nitrogens with one attached hydrogen (secondary N) is 1. The van der Waals surface area contributed by atoms with Crippen molar-refractivity contribution in [3.05, 3.63) is 39.0 Å². The zero-order valence-corrected chi connectivity index (χ0v) is 14.1. The van der Waals surface area contributed by atoms with Crippen LogP contribution in [0.3, 0.4) is 0 Å². The highest BCUT2D eigenvalue weighted by atomic mass is 32.2. The predicted octanol–water partition coefficient (Wildman–Crippen LogP) is 2.80. The minimum Gasteiger partial charge on any atom is -0.466 e. The van der Waals surface area contributed by atoms with Gasteiger partial charge in [0.1, 0.15) is 11.5 Å². The number of hydrogen-bond donors (Lipinski definition) is 2. The fourth-order valence-electron chi connectivity index (χ4n) is 2.31. The Kier molecular flexibility index (Phi) is 4.57. The van der Waals surface area contributed by atoms with E-state index in [9.17, 15) is 8.42 Å². The van der Waals surface area contributed by atoms with Crippen LogP contribution in [-0.2, 0) is 16.6 Å². The van der Waals surface area contributed by atoms with Gasteiger partial charge in [0.05, 0.1) is 11.5 Å². The number of hydrogen-bond acceptors (Lipinski definition) is 5. The number of thiophene rings is 1. The lowest BCUT2D eigenvalue weighted by Gasteiger charge is -2.13. The number of aliphatic hydroxyl groups is 1. The second-order valence-electron chi connectivity index (χ2n) is 5.00. The summed E-state index contributed by atoms with van der Waals surface area (Å²) < 4.78 is 33.0. The van der Waals surface area contributed by atoms with E-state index in [-0.39, 0.29) is 17.5 Å². The van der Waals surface area contributed by atoms with E-state index in [1.807, 2.05) is 19.9 Å². The van der Waals surface area contributed by atoms with Crippen molar-refractivity contribution < 1.29 is 17.9 Å². The Labute approximate surface area is 128 Å². The van der Waals surface area contributed by atoms with E-state index in [1.54, 1.807) is 13.8 Å². The molecular weight excluding hydrogens is 310 g/mol. The maximum absolute atomic E-state index is 12.5. The smallest absolute Gasteiger partial charge is 0.242 e. The van der Waals surface area contributed by atoms with Gasteiger partial charge >= 0.3 is 0 Å². The fraction of sp³-hybridized carbons (Fsp3) is 0.429. The summed E-state index contributed by atoms with van der Waals surface area (Å²) in [5.74, 6) is 1.46. The van der Waals surface area contributed by atoms with E-state index in [2.05, 4.69) is 4.72 Å². The summed E-state index contributed by atoms with van der Waals surface area (Å²) >= 11 is 1.28. The van der Waals surface area contributed by atoms with Crippen LogP contribution in [0, 0.1) is 20.8 Å². The van der Waals surface area contributed by atoms with E-state index < -0.39 is 10.0 Å². The van der Waals surface area contributed by atoms with Gasteiger partial charge in [-0.15, -0.1) is 11.3 Å². The van der Waals surface area contributed by atoms with Crippen LogP contribution in [0.15, 0.2) is 21.4 Å². The topological polar surface area (TPSA) is 79.5 Å². The molecule has 0 fully saturated rings. The zero-order valence-electron chi connectivity index (χ0n) is 12.4. The molecule has 5 nitrogen and oxygen atoms in total. The summed E-state index contributed by atoms with van der Waals surface area (Å²) in [7, 11) is -3.63. The van der Waals surface area contributed by atoms with Gasteiger partial charge in [-0.2, -0.15) is 0 Å². The highest BCUT2D eigenvalue weighted by Crippen LogP contribution is 2.28. The van der Waals surface area contributed by atoms with E-state index >= 15 is 0 Å². The van der Waals surface area contributed by atoms with Crippen molar-refractivity contribution in [3.63, 3.8) is 0 Å². The molecule has 2 aromatic rings. The summed E-state index contributed by atoms with van der Waals surface area (Å²) in [6.45, 7) is 7.00. The number of sulfonamides is 1. The molecule has 2 aromatic heterocycles. The first kappa shape index (κ1) is 16.2. The summed E-state index contributed by atoms with van der Waals surface area (Å²) in [5.41, 5.74) is 0.825. The number of aliphatic hydroxyl groups excluding tert-OH is 1. The monoisotopic (exact) mass is 329 g/mol. The molecule has 0 aliphatic rings. The quantitative estimate of drug-likeness (QED) is 0.884. The first-order chi connectivity index (χ1) is 9.74. The van der Waals surface area contributed by atoms with Crippen LogP contribution < -0.4 is 4.72 Å². The average Bonchev–Trinajstić information content (AvgIpc) is 2.91. The zero-order chi connectivity index (χ0) is 15.8. The van der Waals surface area contributed by atoms with Crippen LogP contribution in [0.5, 0.6) is 0 Å². The minimum absolute atomic E-state index is 0.156. The van der Waals surface area contributed by atoms with E-state index in [0.717, 1.165) is 11.3 Å². The molecule has 0 saturated carbocycles. The van der Waals surface area contributed by atoms with Crippen LogP contribution in [0.1, 0.15) is 39.8 Å². The molecule has 2 heterocycles. The molecule has 1 unspecified atom stereocenters. The average molecular weight is 329 g/mol. The lowest BCUT2D eigenvalue weighted by atomic mass is 10.1. The molecule has 116 valence electrons. The third kappa shape index (κ3) is 3.37. The lowest BCUT2D eigenvalue weighted by molar-refractivity contribution is 0.285. The van der Waals surface area contributed by atoms with Crippen molar-refractivity contribution in [1.82, 2.24) is 4.72 Å². The van der Waals surface area contributed by atoms with Gasteiger partial charge in [0.25, 0.3) is 0 Å². The van der Waals surface area contributed by atoms with Gasteiger partial charge in [0, 0.05) is 21.4 Å². The lowest BCUT2D eigenvalue weighted by Crippen LogP contribution is -2.27. The van der Waals surface area contributed by atoms with Crippen molar-refractivity contribution in [2.24, 2.45) is 0 Å². The molecular formula is C14H19NO4S2. The first-order valence-corrected chi connectivity index (χ1v) is 8.84. The van der Waals surface area contributed by atoms with Crippen molar-refractivity contribution in [2.75, 3.05) is 0 Å². The van der Waals surface area contributed by atoms with Gasteiger partial charge in [0.15, 0.2) is 0 Å². The van der Waals surface area contributed by atoms with E-state index in [0.29, 0.717) is 15.5 Å². The molecule has 7 heteroatoms. The Hall–Kier alpha value is -1.15. The maximum atomic E-state index is 12.5. The van der Waals surface area contributed by atoms with Gasteiger partial charge in [-0.05, 0) is 39.8 Å². The molecule has 2 N–H and O–H groups in total. The van der Waals surface area contributed by atoms with E-state index in [4.69, 9.17) is 9.52 Å². The first-order valence-electron chi connectivity index (χ1n) is 6.54. The van der Waals surface area contributed by atoms with Crippen molar-refractivity contribution >= 4 is 21.4 Å². The minimum atomic E-state index is -3.63. The second-order valence-corrected chi connectivity index (χ2v) is 8.03. The SMILES string of the molecule is Cc1cc(C(C)NS(=O)(=O)c2cc(CO)sc2C)c(C)o1. The third-order valence-electron chi connectivity index (χ3n) is 3.25. The molecule has 21 heavy (non-hydrogen) atoms. The summed E-state index contributed by atoms with van der Waals surface area (Å²) in [6, 6.07) is 2.97. The van der Waals surface area contributed by atoms with Gasteiger partial charge < -0.3 is 9.52 Å². The van der Waals surface area contributed by atoms with Crippen LogP contribution in [0.2, 0.25) is 0 Å². The predicted molar refractivity (Wildman–Crippen MR) is 81.9 cm³/mol. The number of aryl methyl sites for hydroxylation is 3. The maximum Gasteiger partial charge on any atom is 0.242 e. The van der Waals surface area contributed by atoms with E-state index in [1.165, 1.54) is 17.4 Å². The highest BCUT2D eigenvalue weighted by Gasteiger charge is 2.24. The van der Waals surface area contributed by atoms with Crippen LogP contribution in [0.25, 0.3) is 0 Å². The van der Waals surface area contributed by atoms with Crippen LogP contribution in [0.4, 0.5) is 0 Å². The highest BCUT2D eigenvalue weighted by molar-refractivity contribution is 7.89. The van der Waals surface area contributed by atoms with Gasteiger partial charge in [-0.3, -0.25) is 0 Å². The Morgan fingerprint density at radius 2 is 2.00 bits per heavy atom. The Bertz CT molecular complexity index is 743. The standard InChI is InChI=1S/C14H19NO4S2/c1-8-5-13(10(3)19-8)9(2)15-21(17,18)14-6-12(7-16)20-11(14)4/h5-6,9,15-16H,7H2,1-4H3. The normalized spacial score (nSPS) is 13.6. The molecule has 1 atom stereocenters.